The van der Waals surface area contributed by atoms with Crippen LogP contribution in [0.3, 0.4) is 0 Å². The third-order valence-corrected chi connectivity index (χ3v) is 3.45. The Kier molecular flexibility index (Phi) is 5.98. The fourth-order valence-electron chi connectivity index (χ4n) is 1.57. The minimum absolute atomic E-state index is 0.0383. The van der Waals surface area contributed by atoms with Crippen molar-refractivity contribution in [3.05, 3.63) is 33.4 Å². The number of hydrogen-bond donors (Lipinski definition) is 0. The highest BCUT2D eigenvalue weighted by atomic mass is 127. The van der Waals surface area contributed by atoms with E-state index in [1.54, 1.807) is 4.90 Å². The van der Waals surface area contributed by atoms with Crippen LogP contribution in [-0.2, 0) is 11.3 Å². The molecule has 0 bridgehead atoms. The van der Waals surface area contributed by atoms with Gasteiger partial charge in [-0.15, -0.1) is 0 Å². The maximum absolute atomic E-state index is 11.7. The topological polar surface area (TPSA) is 44.1 Å². The van der Waals surface area contributed by atoms with Crippen LogP contribution in [0.4, 0.5) is 0 Å². The normalized spacial score (nSPS) is 9.71. The predicted octanol–water partition coefficient (Wildman–Crippen LogP) is 2.94. The Morgan fingerprint density at radius 1 is 1.47 bits per heavy atom. The fraction of sp³-hybridized carbons (Fsp3) is 0.385. The van der Waals surface area contributed by atoms with Gasteiger partial charge < -0.3 is 4.90 Å². The van der Waals surface area contributed by atoms with Crippen molar-refractivity contribution in [2.45, 2.75) is 26.3 Å². The molecule has 0 unspecified atom stereocenters. The monoisotopic (exact) mass is 342 g/mol. The van der Waals surface area contributed by atoms with Crippen molar-refractivity contribution in [2.24, 2.45) is 0 Å². The van der Waals surface area contributed by atoms with Gasteiger partial charge in [-0.1, -0.05) is 25.1 Å². The Bertz CT molecular complexity index is 426. The van der Waals surface area contributed by atoms with Crippen molar-refractivity contribution in [3.8, 4) is 6.07 Å². The van der Waals surface area contributed by atoms with E-state index >= 15 is 0 Å². The van der Waals surface area contributed by atoms with Crippen LogP contribution < -0.4 is 0 Å². The maximum atomic E-state index is 11.7. The molecule has 0 radical (unpaired) electrons. The summed E-state index contributed by atoms with van der Waals surface area (Å²) in [6.07, 6.45) is 0.865. The van der Waals surface area contributed by atoms with Gasteiger partial charge in [-0.2, -0.15) is 5.26 Å². The lowest BCUT2D eigenvalue weighted by atomic mass is 10.2. The number of nitriles is 1. The van der Waals surface area contributed by atoms with Gasteiger partial charge in [0.15, 0.2) is 0 Å². The van der Waals surface area contributed by atoms with E-state index in [9.17, 15) is 4.79 Å². The van der Waals surface area contributed by atoms with E-state index in [1.165, 1.54) is 0 Å². The molecule has 0 heterocycles. The van der Waals surface area contributed by atoms with E-state index in [-0.39, 0.29) is 12.3 Å². The maximum Gasteiger partial charge on any atom is 0.237 e. The second-order valence-corrected chi connectivity index (χ2v) is 4.90. The summed E-state index contributed by atoms with van der Waals surface area (Å²) in [5.74, 6) is -0.0889. The summed E-state index contributed by atoms with van der Waals surface area (Å²) in [7, 11) is 0. The minimum Gasteiger partial charge on any atom is -0.337 e. The van der Waals surface area contributed by atoms with Crippen LogP contribution >= 0.6 is 22.6 Å². The molecule has 17 heavy (non-hydrogen) atoms. The molecule has 0 aliphatic carbocycles. The molecule has 0 spiro atoms. The SMILES string of the molecule is CCCN(Cc1ccccc1I)C(=O)CC#N. The molecule has 1 aromatic rings. The van der Waals surface area contributed by atoms with Crippen LogP contribution in [0.5, 0.6) is 0 Å². The van der Waals surface area contributed by atoms with Gasteiger partial charge in [0, 0.05) is 16.7 Å². The summed E-state index contributed by atoms with van der Waals surface area (Å²) in [6.45, 7) is 3.32. The molecular weight excluding hydrogens is 327 g/mol. The zero-order valence-electron chi connectivity index (χ0n) is 9.82. The van der Waals surface area contributed by atoms with Gasteiger partial charge in [0.1, 0.15) is 6.42 Å². The molecule has 0 aromatic heterocycles. The Balaban J connectivity index is 2.77. The fourth-order valence-corrected chi connectivity index (χ4v) is 2.13. The van der Waals surface area contributed by atoms with Crippen molar-refractivity contribution < 1.29 is 4.79 Å². The van der Waals surface area contributed by atoms with Crippen molar-refractivity contribution in [2.75, 3.05) is 6.54 Å². The number of nitrogens with zero attached hydrogens (tertiary/aromatic N) is 2. The molecule has 1 rings (SSSR count). The van der Waals surface area contributed by atoms with E-state index in [4.69, 9.17) is 5.26 Å². The molecule has 0 fully saturated rings. The number of hydrogen-bond acceptors (Lipinski definition) is 2. The average Bonchev–Trinajstić information content (AvgIpc) is 2.31. The van der Waals surface area contributed by atoms with E-state index in [0.717, 1.165) is 15.6 Å². The number of carbonyl (C=O) groups excluding carboxylic acids is 1. The van der Waals surface area contributed by atoms with Crippen molar-refractivity contribution in [1.29, 1.82) is 5.26 Å². The highest BCUT2D eigenvalue weighted by molar-refractivity contribution is 14.1. The third-order valence-electron chi connectivity index (χ3n) is 2.40. The van der Waals surface area contributed by atoms with Gasteiger partial charge in [-0.3, -0.25) is 4.79 Å². The second-order valence-electron chi connectivity index (χ2n) is 3.74. The largest absolute Gasteiger partial charge is 0.337 e. The average molecular weight is 342 g/mol. The smallest absolute Gasteiger partial charge is 0.237 e. The number of halogens is 1. The molecule has 0 N–H and O–H groups in total. The second kappa shape index (κ2) is 7.28. The van der Waals surface area contributed by atoms with Crippen LogP contribution in [0.2, 0.25) is 0 Å². The minimum atomic E-state index is -0.0889. The lowest BCUT2D eigenvalue weighted by Crippen LogP contribution is -2.31. The van der Waals surface area contributed by atoms with Gasteiger partial charge in [0.25, 0.3) is 0 Å². The first kappa shape index (κ1) is 14.0. The summed E-state index contributed by atoms with van der Waals surface area (Å²) in [6, 6.07) is 9.90. The van der Waals surface area contributed by atoms with Crippen molar-refractivity contribution in [1.82, 2.24) is 4.90 Å². The Morgan fingerprint density at radius 2 is 2.18 bits per heavy atom. The molecule has 0 atom stereocenters. The van der Waals surface area contributed by atoms with E-state index < -0.39 is 0 Å². The van der Waals surface area contributed by atoms with Crippen LogP contribution in [0.25, 0.3) is 0 Å². The van der Waals surface area contributed by atoms with Gasteiger partial charge >= 0.3 is 0 Å². The summed E-state index contributed by atoms with van der Waals surface area (Å²) < 4.78 is 1.15. The molecule has 0 aliphatic heterocycles. The summed E-state index contributed by atoms with van der Waals surface area (Å²) in [4.78, 5) is 13.5. The van der Waals surface area contributed by atoms with Gasteiger partial charge in [-0.05, 0) is 40.6 Å². The van der Waals surface area contributed by atoms with Crippen molar-refractivity contribution >= 4 is 28.5 Å². The molecule has 0 saturated carbocycles. The van der Waals surface area contributed by atoms with Crippen LogP contribution in [0, 0.1) is 14.9 Å². The van der Waals surface area contributed by atoms with Crippen LogP contribution in [0.1, 0.15) is 25.3 Å². The highest BCUT2D eigenvalue weighted by Gasteiger charge is 2.13. The summed E-state index contributed by atoms with van der Waals surface area (Å²) in [5, 5.41) is 8.58. The third kappa shape index (κ3) is 4.35. The van der Waals surface area contributed by atoms with Crippen molar-refractivity contribution in [3.63, 3.8) is 0 Å². The number of carbonyl (C=O) groups is 1. The Hall–Kier alpha value is -1.09. The predicted molar refractivity (Wildman–Crippen MR) is 75.1 cm³/mol. The van der Waals surface area contributed by atoms with Crippen LogP contribution in [0.15, 0.2) is 24.3 Å². The first-order valence-corrected chi connectivity index (χ1v) is 6.65. The van der Waals surface area contributed by atoms with E-state index in [0.29, 0.717) is 13.1 Å². The molecule has 0 saturated heterocycles. The molecule has 4 heteroatoms. The number of amides is 1. The number of rotatable bonds is 5. The van der Waals surface area contributed by atoms with Gasteiger partial charge in [0.2, 0.25) is 5.91 Å². The Labute approximate surface area is 116 Å². The summed E-state index contributed by atoms with van der Waals surface area (Å²) in [5.41, 5.74) is 1.13. The quantitative estimate of drug-likeness (QED) is 0.773. The molecule has 1 amide bonds. The van der Waals surface area contributed by atoms with E-state index in [1.807, 2.05) is 37.3 Å². The molecule has 90 valence electrons. The standard InChI is InChI=1S/C13H15IN2O/c1-2-9-16(13(17)7-8-15)10-11-5-3-4-6-12(11)14/h3-6H,2,7,9-10H2,1H3. The van der Waals surface area contributed by atoms with Crippen LogP contribution in [-0.4, -0.2) is 17.4 Å². The van der Waals surface area contributed by atoms with Gasteiger partial charge in [0.05, 0.1) is 6.07 Å². The Morgan fingerprint density at radius 3 is 2.76 bits per heavy atom. The van der Waals surface area contributed by atoms with E-state index in [2.05, 4.69) is 22.6 Å². The highest BCUT2D eigenvalue weighted by Crippen LogP contribution is 2.14. The zero-order chi connectivity index (χ0) is 12.7. The molecular formula is C13H15IN2O. The number of benzene rings is 1. The van der Waals surface area contributed by atoms with Gasteiger partial charge in [-0.25, -0.2) is 0 Å². The first-order valence-electron chi connectivity index (χ1n) is 5.57. The zero-order valence-corrected chi connectivity index (χ0v) is 12.0. The molecule has 0 aliphatic rings. The molecule has 1 aromatic carbocycles. The lowest BCUT2D eigenvalue weighted by Gasteiger charge is -2.21. The summed E-state index contributed by atoms with van der Waals surface area (Å²) >= 11 is 2.26. The first-order chi connectivity index (χ1) is 8.19. The molecule has 3 nitrogen and oxygen atoms in total. The lowest BCUT2D eigenvalue weighted by molar-refractivity contribution is -0.130.